The molecule has 0 radical (unpaired) electrons. The summed E-state index contributed by atoms with van der Waals surface area (Å²) < 4.78 is 0. The first-order valence-electron chi connectivity index (χ1n) is 17.9. The molecule has 0 spiro atoms. The van der Waals surface area contributed by atoms with Crippen molar-refractivity contribution in [2.75, 3.05) is 10.6 Å². The molecule has 2 heterocycles. The zero-order valence-electron chi connectivity index (χ0n) is 33.5. The molecule has 6 N–H and O–H groups in total. The molecule has 0 aliphatic rings. The van der Waals surface area contributed by atoms with Crippen LogP contribution in [0.5, 0.6) is 0 Å². The van der Waals surface area contributed by atoms with E-state index in [4.69, 9.17) is 21.4 Å². The Morgan fingerprint density at radius 3 is 1.11 bits per heavy atom. The van der Waals surface area contributed by atoms with Crippen molar-refractivity contribution in [3.63, 3.8) is 0 Å². The van der Waals surface area contributed by atoms with E-state index in [0.29, 0.717) is 37.8 Å². The summed E-state index contributed by atoms with van der Waals surface area (Å²) in [5.41, 5.74) is 26.1. The van der Waals surface area contributed by atoms with E-state index in [1.165, 1.54) is 11.1 Å². The van der Waals surface area contributed by atoms with Crippen LogP contribution in [0.25, 0.3) is 22.3 Å². The lowest BCUT2D eigenvalue weighted by molar-refractivity contribution is -0.116. The Hall–Kier alpha value is -3.24. The van der Waals surface area contributed by atoms with Gasteiger partial charge in [-0.3, -0.25) is 19.6 Å². The van der Waals surface area contributed by atoms with Crippen LogP contribution in [-0.4, -0.2) is 21.8 Å². The lowest BCUT2D eigenvalue weighted by Crippen LogP contribution is -2.17. The van der Waals surface area contributed by atoms with E-state index in [1.54, 1.807) is 0 Å². The lowest BCUT2D eigenvalue weighted by atomic mass is 9.92. The SMILES string of the molecule is CCC(=O)Nc1c(C)nc(CC(C)C)c(CN)c1-c1ccc(C)cc1.CCC(=O)Nc1c(C)nc(CC(C)C)c(CN)c1-c1ccc(C)cc1.Cl.Cl.Cl.Cl. The second-order valence-corrected chi connectivity index (χ2v) is 13.9. The molecule has 4 rings (SSSR count). The number of pyridine rings is 2. The molecule has 0 fully saturated rings. The zero-order chi connectivity index (χ0) is 37.1. The number of nitrogens with zero attached hydrogens (tertiary/aromatic N) is 2. The quantitative estimate of drug-likeness (QED) is 0.112. The zero-order valence-corrected chi connectivity index (χ0v) is 36.8. The van der Waals surface area contributed by atoms with Gasteiger partial charge >= 0.3 is 0 Å². The summed E-state index contributed by atoms with van der Waals surface area (Å²) in [6.45, 7) is 21.2. The number of nitrogens with two attached hydrogens (primary N) is 2. The second kappa shape index (κ2) is 25.0. The van der Waals surface area contributed by atoms with Crippen molar-refractivity contribution in [3.8, 4) is 22.3 Å². The molecule has 0 atom stereocenters. The van der Waals surface area contributed by atoms with Crippen molar-refractivity contribution in [2.45, 2.75) is 108 Å². The largest absolute Gasteiger partial charge is 0.326 e. The number of hydrogen-bond acceptors (Lipinski definition) is 6. The van der Waals surface area contributed by atoms with Gasteiger partial charge in [-0.15, -0.1) is 49.6 Å². The standard InChI is InChI=1S/2C21H29N3O.4ClH/c2*1-6-19(25)24-21-15(5)23-18(11-13(2)3)17(12-22)20(21)16-9-7-14(4)8-10-16;;;;/h2*7-10,13H,6,11-12,22H2,1-5H3,(H,24,25);4*1H. The molecule has 8 nitrogen and oxygen atoms in total. The number of carbonyl (C=O) groups is 2. The molecule has 0 aliphatic carbocycles. The van der Waals surface area contributed by atoms with Crippen molar-refractivity contribution >= 4 is 72.8 Å². The summed E-state index contributed by atoms with van der Waals surface area (Å²) >= 11 is 0. The topological polar surface area (TPSA) is 136 Å². The number of hydrogen-bond donors (Lipinski definition) is 4. The average Bonchev–Trinajstić information content (AvgIpc) is 3.07. The van der Waals surface area contributed by atoms with Crippen LogP contribution in [0.4, 0.5) is 11.4 Å². The van der Waals surface area contributed by atoms with Gasteiger partial charge in [0.2, 0.25) is 11.8 Å². The Kier molecular flexibility index (Phi) is 24.5. The number of aromatic nitrogens is 2. The average molecular weight is 825 g/mol. The van der Waals surface area contributed by atoms with Crippen molar-refractivity contribution in [1.29, 1.82) is 0 Å². The number of nitrogens with one attached hydrogen (secondary N) is 2. The van der Waals surface area contributed by atoms with E-state index >= 15 is 0 Å². The van der Waals surface area contributed by atoms with E-state index < -0.39 is 0 Å². The van der Waals surface area contributed by atoms with Crippen LogP contribution in [0.2, 0.25) is 0 Å². The van der Waals surface area contributed by atoms with Crippen LogP contribution in [-0.2, 0) is 35.5 Å². The van der Waals surface area contributed by atoms with Gasteiger partial charge in [0, 0.05) is 48.4 Å². The summed E-state index contributed by atoms with van der Waals surface area (Å²) in [6.07, 6.45) is 2.60. The predicted molar refractivity (Wildman–Crippen MR) is 238 cm³/mol. The molecule has 0 saturated carbocycles. The highest BCUT2D eigenvalue weighted by molar-refractivity contribution is 5.98. The minimum Gasteiger partial charge on any atom is -0.326 e. The molecule has 54 heavy (non-hydrogen) atoms. The molecule has 2 aromatic carbocycles. The summed E-state index contributed by atoms with van der Waals surface area (Å²) in [7, 11) is 0. The Labute approximate surface area is 348 Å². The highest BCUT2D eigenvalue weighted by atomic mass is 35.5. The van der Waals surface area contributed by atoms with Crippen LogP contribution < -0.4 is 22.1 Å². The van der Waals surface area contributed by atoms with Gasteiger partial charge in [0.05, 0.1) is 22.8 Å². The number of halogens is 4. The van der Waals surface area contributed by atoms with E-state index in [1.807, 2.05) is 27.7 Å². The molecule has 0 unspecified atom stereocenters. The third-order valence-corrected chi connectivity index (χ3v) is 8.59. The van der Waals surface area contributed by atoms with Crippen molar-refractivity contribution in [2.24, 2.45) is 23.3 Å². The third-order valence-electron chi connectivity index (χ3n) is 8.59. The van der Waals surface area contributed by atoms with Gasteiger partial charge in [0.15, 0.2) is 0 Å². The van der Waals surface area contributed by atoms with Gasteiger partial charge in [-0.2, -0.15) is 0 Å². The summed E-state index contributed by atoms with van der Waals surface area (Å²) in [5, 5.41) is 6.08. The molecule has 4 aromatic rings. The molecular weight excluding hydrogens is 762 g/mol. The maximum atomic E-state index is 12.1. The summed E-state index contributed by atoms with van der Waals surface area (Å²) in [5.74, 6) is 0.939. The fourth-order valence-corrected chi connectivity index (χ4v) is 5.99. The molecule has 2 amide bonds. The Morgan fingerprint density at radius 1 is 0.574 bits per heavy atom. The van der Waals surface area contributed by atoms with Crippen molar-refractivity contribution < 1.29 is 9.59 Å². The minimum absolute atomic E-state index is 0. The van der Waals surface area contributed by atoms with E-state index in [9.17, 15) is 9.59 Å². The van der Waals surface area contributed by atoms with E-state index in [-0.39, 0.29) is 61.4 Å². The summed E-state index contributed by atoms with van der Waals surface area (Å²) in [4.78, 5) is 33.7. The van der Waals surface area contributed by atoms with Crippen LogP contribution in [0.15, 0.2) is 48.5 Å². The maximum absolute atomic E-state index is 12.1. The van der Waals surface area contributed by atoms with Crippen LogP contribution in [0.1, 0.15) is 99.4 Å². The van der Waals surface area contributed by atoms with Crippen LogP contribution in [0.3, 0.4) is 0 Å². The Bertz CT molecular complexity index is 1650. The predicted octanol–water partition coefficient (Wildman–Crippen LogP) is 10.4. The number of benzene rings is 2. The highest BCUT2D eigenvalue weighted by Gasteiger charge is 2.22. The van der Waals surface area contributed by atoms with Gasteiger partial charge in [-0.25, -0.2) is 0 Å². The number of anilines is 2. The van der Waals surface area contributed by atoms with Crippen LogP contribution >= 0.6 is 49.6 Å². The van der Waals surface area contributed by atoms with Gasteiger partial charge in [-0.05, 0) is 74.6 Å². The fraction of sp³-hybridized carbons (Fsp3) is 0.429. The molecular formula is C42H62Cl4N6O2. The number of aryl methyl sites for hydroxylation is 4. The van der Waals surface area contributed by atoms with Gasteiger partial charge < -0.3 is 22.1 Å². The first kappa shape index (κ1) is 52.9. The van der Waals surface area contributed by atoms with Gasteiger partial charge in [0.1, 0.15) is 0 Å². The molecule has 0 bridgehead atoms. The van der Waals surface area contributed by atoms with Crippen molar-refractivity contribution in [3.05, 3.63) is 93.6 Å². The lowest BCUT2D eigenvalue weighted by Gasteiger charge is -2.21. The number of amides is 2. The van der Waals surface area contributed by atoms with Crippen molar-refractivity contribution in [1.82, 2.24) is 9.97 Å². The minimum atomic E-state index is -0.0159. The molecule has 2 aromatic heterocycles. The maximum Gasteiger partial charge on any atom is 0.224 e. The normalized spacial score (nSPS) is 10.2. The highest BCUT2D eigenvalue weighted by Crippen LogP contribution is 2.37. The van der Waals surface area contributed by atoms with E-state index in [2.05, 4.69) is 101 Å². The van der Waals surface area contributed by atoms with E-state index in [0.717, 1.165) is 80.4 Å². The second-order valence-electron chi connectivity index (χ2n) is 13.9. The fourth-order valence-electron chi connectivity index (χ4n) is 5.99. The van der Waals surface area contributed by atoms with Gasteiger partial charge in [0.25, 0.3) is 0 Å². The number of rotatable bonds is 12. The first-order valence-corrected chi connectivity index (χ1v) is 17.9. The molecule has 0 aliphatic heterocycles. The molecule has 12 heteroatoms. The molecule has 0 saturated heterocycles. The Morgan fingerprint density at radius 2 is 0.870 bits per heavy atom. The molecule has 300 valence electrons. The first-order chi connectivity index (χ1) is 23.7. The Balaban J connectivity index is 0. The number of carbonyl (C=O) groups excluding carboxylic acids is 2. The smallest absolute Gasteiger partial charge is 0.224 e. The monoisotopic (exact) mass is 822 g/mol. The van der Waals surface area contributed by atoms with Gasteiger partial charge in [-0.1, -0.05) is 101 Å². The third kappa shape index (κ3) is 14.1. The summed E-state index contributed by atoms with van der Waals surface area (Å²) in [6, 6.07) is 16.7. The van der Waals surface area contributed by atoms with Crippen LogP contribution in [0, 0.1) is 39.5 Å².